The van der Waals surface area contributed by atoms with Crippen molar-refractivity contribution in [3.63, 3.8) is 0 Å². The van der Waals surface area contributed by atoms with Crippen molar-refractivity contribution in [2.75, 3.05) is 27.7 Å². The van der Waals surface area contributed by atoms with E-state index < -0.39 is 0 Å². The molecule has 3 aromatic heterocycles. The van der Waals surface area contributed by atoms with Crippen molar-refractivity contribution in [1.82, 2.24) is 19.4 Å². The molecule has 0 aliphatic rings. The summed E-state index contributed by atoms with van der Waals surface area (Å²) in [6, 6.07) is 16.9. The summed E-state index contributed by atoms with van der Waals surface area (Å²) in [5.74, 6) is 0.874. The molecule has 2 aromatic carbocycles. The van der Waals surface area contributed by atoms with Crippen LogP contribution in [0.4, 0.5) is 0 Å². The van der Waals surface area contributed by atoms with Crippen LogP contribution in [0.1, 0.15) is 17.7 Å². The number of rotatable bonds is 6. The van der Waals surface area contributed by atoms with E-state index in [-0.39, 0.29) is 0 Å². The Bertz CT molecular complexity index is 1480. The molecule has 0 fully saturated rings. The van der Waals surface area contributed by atoms with E-state index in [0.717, 1.165) is 47.7 Å². The molecule has 0 aliphatic heterocycles. The Labute approximate surface area is 194 Å². The molecular weight excluding hydrogens is 408 g/mol. The summed E-state index contributed by atoms with van der Waals surface area (Å²) in [4.78, 5) is 11.8. The first-order valence-electron chi connectivity index (χ1n) is 11.4. The second-order valence-electron chi connectivity index (χ2n) is 9.01. The number of hydrogen-bond acceptors (Lipinski definition) is 4. The van der Waals surface area contributed by atoms with Crippen molar-refractivity contribution in [2.45, 2.75) is 26.8 Å². The molecule has 0 radical (unpaired) electrons. The molecule has 0 aliphatic carbocycles. The lowest BCUT2D eigenvalue weighted by atomic mass is 9.99. The van der Waals surface area contributed by atoms with Crippen molar-refractivity contribution in [1.29, 1.82) is 0 Å². The van der Waals surface area contributed by atoms with E-state index in [9.17, 15) is 0 Å². The van der Waals surface area contributed by atoms with Crippen molar-refractivity contribution in [3.05, 3.63) is 66.0 Å². The van der Waals surface area contributed by atoms with Gasteiger partial charge in [-0.3, -0.25) is 9.97 Å². The van der Waals surface area contributed by atoms with Crippen LogP contribution in [0.15, 0.2) is 54.7 Å². The average molecular weight is 439 g/mol. The van der Waals surface area contributed by atoms with Crippen LogP contribution >= 0.6 is 0 Å². The van der Waals surface area contributed by atoms with Gasteiger partial charge in [-0.1, -0.05) is 6.07 Å². The van der Waals surface area contributed by atoms with E-state index in [4.69, 9.17) is 14.7 Å². The Morgan fingerprint density at radius 3 is 2.55 bits per heavy atom. The summed E-state index contributed by atoms with van der Waals surface area (Å²) in [6.45, 7) is 6.27. The van der Waals surface area contributed by atoms with Crippen LogP contribution in [0.2, 0.25) is 0 Å². The number of pyridine rings is 2. The third kappa shape index (κ3) is 3.72. The van der Waals surface area contributed by atoms with Crippen LogP contribution in [0, 0.1) is 13.8 Å². The largest absolute Gasteiger partial charge is 0.497 e. The summed E-state index contributed by atoms with van der Waals surface area (Å²) in [6.07, 6.45) is 2.99. The molecule has 168 valence electrons. The SMILES string of the molecule is COc1ccc2c(c1)c1cc3c(-c4cccc(C)n4)nccc3c(C)c1n2CCCN(C)C. The smallest absolute Gasteiger partial charge is 0.119 e. The molecule has 5 heteroatoms. The zero-order valence-corrected chi connectivity index (χ0v) is 20.0. The number of ether oxygens (including phenoxy) is 1. The van der Waals surface area contributed by atoms with Crippen molar-refractivity contribution in [2.24, 2.45) is 0 Å². The summed E-state index contributed by atoms with van der Waals surface area (Å²) in [5, 5.41) is 4.81. The third-order valence-corrected chi connectivity index (χ3v) is 6.47. The number of aryl methyl sites for hydroxylation is 3. The summed E-state index contributed by atoms with van der Waals surface area (Å²) in [5.41, 5.74) is 6.64. The molecule has 0 spiro atoms. The minimum absolute atomic E-state index is 0.874. The lowest BCUT2D eigenvalue weighted by molar-refractivity contribution is 0.389. The maximum Gasteiger partial charge on any atom is 0.119 e. The molecule has 0 N–H and O–H groups in total. The fourth-order valence-electron chi connectivity index (χ4n) is 4.91. The first-order chi connectivity index (χ1) is 16.0. The van der Waals surface area contributed by atoms with Gasteiger partial charge in [0.05, 0.1) is 24.0 Å². The number of fused-ring (bicyclic) bond motifs is 4. The van der Waals surface area contributed by atoms with Gasteiger partial charge in [0.25, 0.3) is 0 Å². The van der Waals surface area contributed by atoms with E-state index in [2.05, 4.69) is 60.8 Å². The van der Waals surface area contributed by atoms with Gasteiger partial charge >= 0.3 is 0 Å². The second kappa shape index (κ2) is 8.49. The van der Waals surface area contributed by atoms with Gasteiger partial charge in [0, 0.05) is 40.1 Å². The standard InChI is InChI=1S/C28H30N4O/c1-18-8-6-9-25(30-18)27-23-17-24-22-16-20(33-5)10-11-26(22)32(15-7-14-31(3)4)28(24)19(2)21(23)12-13-29-27/h6,8-13,16-17H,7,14-15H2,1-5H3. The van der Waals surface area contributed by atoms with Crippen LogP contribution in [0.5, 0.6) is 5.75 Å². The molecule has 0 unspecified atom stereocenters. The Kier molecular flexibility index (Phi) is 5.51. The minimum atomic E-state index is 0.874. The highest BCUT2D eigenvalue weighted by Gasteiger charge is 2.18. The van der Waals surface area contributed by atoms with Crippen LogP contribution in [0.3, 0.4) is 0 Å². The van der Waals surface area contributed by atoms with E-state index in [0.29, 0.717) is 0 Å². The molecule has 0 amide bonds. The van der Waals surface area contributed by atoms with E-state index in [1.165, 1.54) is 32.8 Å². The molecule has 0 atom stereocenters. The quantitative estimate of drug-likeness (QED) is 0.327. The van der Waals surface area contributed by atoms with Gasteiger partial charge in [-0.2, -0.15) is 0 Å². The normalized spacial score (nSPS) is 11.8. The average Bonchev–Trinajstić information content (AvgIpc) is 3.12. The van der Waals surface area contributed by atoms with E-state index >= 15 is 0 Å². The Balaban J connectivity index is 1.83. The maximum atomic E-state index is 5.58. The fourth-order valence-corrected chi connectivity index (χ4v) is 4.91. The molecule has 0 bridgehead atoms. The first kappa shape index (κ1) is 21.4. The van der Waals surface area contributed by atoms with Crippen LogP contribution in [-0.2, 0) is 6.54 Å². The Hall–Kier alpha value is -3.44. The predicted molar refractivity (Wildman–Crippen MR) is 137 cm³/mol. The summed E-state index contributed by atoms with van der Waals surface area (Å²) >= 11 is 0. The molecule has 0 saturated heterocycles. The van der Waals surface area contributed by atoms with Crippen LogP contribution in [-0.4, -0.2) is 47.2 Å². The summed E-state index contributed by atoms with van der Waals surface area (Å²) < 4.78 is 8.06. The van der Waals surface area contributed by atoms with Gasteiger partial charge < -0.3 is 14.2 Å². The first-order valence-corrected chi connectivity index (χ1v) is 11.4. The van der Waals surface area contributed by atoms with E-state index in [1.54, 1.807) is 7.11 Å². The van der Waals surface area contributed by atoms with Crippen molar-refractivity contribution < 1.29 is 4.74 Å². The molecule has 5 aromatic rings. The van der Waals surface area contributed by atoms with E-state index in [1.807, 2.05) is 31.3 Å². The number of aromatic nitrogens is 3. The number of hydrogen-bond donors (Lipinski definition) is 0. The highest BCUT2D eigenvalue weighted by Crippen LogP contribution is 2.39. The highest BCUT2D eigenvalue weighted by molar-refractivity contribution is 6.16. The lowest BCUT2D eigenvalue weighted by Crippen LogP contribution is -2.15. The monoisotopic (exact) mass is 438 g/mol. The lowest BCUT2D eigenvalue weighted by Gasteiger charge is -2.14. The molecular formula is C28H30N4O. The second-order valence-corrected chi connectivity index (χ2v) is 9.01. The zero-order valence-electron chi connectivity index (χ0n) is 20.0. The summed E-state index contributed by atoms with van der Waals surface area (Å²) in [7, 11) is 5.98. The van der Waals surface area contributed by atoms with Gasteiger partial charge in [-0.15, -0.1) is 0 Å². The van der Waals surface area contributed by atoms with Crippen molar-refractivity contribution >= 4 is 32.6 Å². The topological polar surface area (TPSA) is 43.2 Å². The molecule has 5 rings (SSSR count). The van der Waals surface area contributed by atoms with Gasteiger partial charge in [-0.25, -0.2) is 0 Å². The van der Waals surface area contributed by atoms with Gasteiger partial charge in [0.1, 0.15) is 5.75 Å². The Morgan fingerprint density at radius 1 is 0.939 bits per heavy atom. The number of benzene rings is 2. The molecule has 5 nitrogen and oxygen atoms in total. The minimum Gasteiger partial charge on any atom is -0.497 e. The van der Waals surface area contributed by atoms with Crippen molar-refractivity contribution in [3.8, 4) is 17.1 Å². The third-order valence-electron chi connectivity index (χ3n) is 6.47. The zero-order chi connectivity index (χ0) is 23.1. The van der Waals surface area contributed by atoms with Gasteiger partial charge in [0.2, 0.25) is 0 Å². The van der Waals surface area contributed by atoms with Crippen LogP contribution < -0.4 is 4.74 Å². The molecule has 0 saturated carbocycles. The number of nitrogens with zero attached hydrogens (tertiary/aromatic N) is 4. The predicted octanol–water partition coefficient (Wildman–Crippen LogP) is 5.98. The maximum absolute atomic E-state index is 5.58. The Morgan fingerprint density at radius 2 is 1.79 bits per heavy atom. The van der Waals surface area contributed by atoms with Crippen LogP contribution in [0.25, 0.3) is 44.0 Å². The number of methoxy groups -OCH3 is 1. The fraction of sp³-hybridized carbons (Fsp3) is 0.286. The molecule has 33 heavy (non-hydrogen) atoms. The molecule has 3 heterocycles. The highest BCUT2D eigenvalue weighted by atomic mass is 16.5. The van der Waals surface area contributed by atoms with Gasteiger partial charge in [-0.05, 0) is 94.3 Å². The van der Waals surface area contributed by atoms with Gasteiger partial charge in [0.15, 0.2) is 0 Å².